The van der Waals surface area contributed by atoms with Crippen molar-refractivity contribution in [2.45, 2.75) is 18.9 Å². The number of nitrogens with zero attached hydrogens (tertiary/aromatic N) is 2. The first-order valence-corrected chi connectivity index (χ1v) is 6.61. The van der Waals surface area contributed by atoms with Crippen molar-refractivity contribution in [2.75, 3.05) is 33.2 Å². The maximum Gasteiger partial charge on any atom is 0.311 e. The Bertz CT molecular complexity index is 443. The molecule has 110 valence electrons. The van der Waals surface area contributed by atoms with Crippen LogP contribution in [-0.4, -0.2) is 72.7 Å². The second-order valence-corrected chi connectivity index (χ2v) is 4.92. The average molecular weight is 282 g/mol. The first-order valence-electron chi connectivity index (χ1n) is 6.61. The molecule has 0 aromatic heterocycles. The molecular formula is C12H18N4O4. The third kappa shape index (κ3) is 2.96. The Balaban J connectivity index is 1.92. The standard InChI is InChI=1S/C12H18N4O4/c1-15-9(17)7-8(11(15)19)14-10(18)12(20)16-5-2-3-13-4-6-16/h8,13H,2-7H2,1H3,(H,14,18). The van der Waals surface area contributed by atoms with E-state index in [1.54, 1.807) is 0 Å². The highest BCUT2D eigenvalue weighted by Gasteiger charge is 2.38. The van der Waals surface area contributed by atoms with E-state index < -0.39 is 23.8 Å². The van der Waals surface area contributed by atoms with Crippen LogP contribution in [0.1, 0.15) is 12.8 Å². The van der Waals surface area contributed by atoms with Crippen LogP contribution < -0.4 is 10.6 Å². The first-order chi connectivity index (χ1) is 9.50. The molecule has 8 nitrogen and oxygen atoms in total. The van der Waals surface area contributed by atoms with Crippen molar-refractivity contribution in [3.05, 3.63) is 0 Å². The van der Waals surface area contributed by atoms with Crippen molar-refractivity contribution in [2.24, 2.45) is 0 Å². The molecule has 0 saturated carbocycles. The van der Waals surface area contributed by atoms with Crippen LogP contribution in [0, 0.1) is 0 Å². The number of carbonyl (C=O) groups excluding carboxylic acids is 4. The van der Waals surface area contributed by atoms with E-state index in [1.807, 2.05) is 0 Å². The van der Waals surface area contributed by atoms with Gasteiger partial charge in [-0.25, -0.2) is 0 Å². The SMILES string of the molecule is CN1C(=O)CC(NC(=O)C(=O)N2CCCNCC2)C1=O. The fourth-order valence-electron chi connectivity index (χ4n) is 2.28. The van der Waals surface area contributed by atoms with Crippen LogP contribution in [0.2, 0.25) is 0 Å². The molecule has 0 radical (unpaired) electrons. The number of hydrogen-bond acceptors (Lipinski definition) is 5. The summed E-state index contributed by atoms with van der Waals surface area (Å²) in [6.07, 6.45) is 0.693. The maximum absolute atomic E-state index is 12.0. The second-order valence-electron chi connectivity index (χ2n) is 4.92. The molecule has 0 bridgehead atoms. The fourth-order valence-corrected chi connectivity index (χ4v) is 2.28. The van der Waals surface area contributed by atoms with Crippen LogP contribution >= 0.6 is 0 Å². The van der Waals surface area contributed by atoms with Gasteiger partial charge in [0.25, 0.3) is 5.91 Å². The van der Waals surface area contributed by atoms with Crippen LogP contribution in [-0.2, 0) is 19.2 Å². The van der Waals surface area contributed by atoms with Gasteiger partial charge >= 0.3 is 11.8 Å². The molecule has 1 unspecified atom stereocenters. The highest BCUT2D eigenvalue weighted by molar-refractivity contribution is 6.35. The Kier molecular flexibility index (Phi) is 4.33. The normalized spacial score (nSPS) is 23.8. The van der Waals surface area contributed by atoms with E-state index in [2.05, 4.69) is 10.6 Å². The zero-order chi connectivity index (χ0) is 14.7. The van der Waals surface area contributed by atoms with Gasteiger partial charge < -0.3 is 15.5 Å². The van der Waals surface area contributed by atoms with Gasteiger partial charge in [0.15, 0.2) is 0 Å². The minimum atomic E-state index is -0.922. The summed E-state index contributed by atoms with van der Waals surface area (Å²) in [6, 6.07) is -0.922. The number of amides is 4. The summed E-state index contributed by atoms with van der Waals surface area (Å²) < 4.78 is 0. The number of nitrogens with one attached hydrogen (secondary N) is 2. The molecule has 8 heteroatoms. The van der Waals surface area contributed by atoms with Gasteiger partial charge in [-0.15, -0.1) is 0 Å². The lowest BCUT2D eigenvalue weighted by molar-refractivity contribution is -0.146. The molecule has 2 heterocycles. The number of likely N-dealkylation sites (tertiary alicyclic amines) is 1. The van der Waals surface area contributed by atoms with Gasteiger partial charge in [0.2, 0.25) is 5.91 Å². The molecule has 2 aliphatic heterocycles. The third-order valence-electron chi connectivity index (χ3n) is 3.51. The number of likely N-dealkylation sites (N-methyl/N-ethyl adjacent to an activating group) is 1. The van der Waals surface area contributed by atoms with E-state index in [4.69, 9.17) is 0 Å². The number of imide groups is 1. The predicted molar refractivity (Wildman–Crippen MR) is 68.4 cm³/mol. The summed E-state index contributed by atoms with van der Waals surface area (Å²) in [5.74, 6) is -2.31. The minimum Gasteiger partial charge on any atom is -0.335 e. The highest BCUT2D eigenvalue weighted by atomic mass is 16.2. The van der Waals surface area contributed by atoms with Crippen molar-refractivity contribution in [3.8, 4) is 0 Å². The molecule has 0 aromatic rings. The zero-order valence-corrected chi connectivity index (χ0v) is 11.3. The second kappa shape index (κ2) is 6.00. The van der Waals surface area contributed by atoms with E-state index in [0.29, 0.717) is 19.6 Å². The lowest BCUT2D eigenvalue weighted by Gasteiger charge is -2.20. The third-order valence-corrected chi connectivity index (χ3v) is 3.51. The molecule has 1 atom stereocenters. The van der Waals surface area contributed by atoms with Crippen LogP contribution in [0.5, 0.6) is 0 Å². The van der Waals surface area contributed by atoms with E-state index in [9.17, 15) is 19.2 Å². The molecule has 0 aliphatic carbocycles. The maximum atomic E-state index is 12.0. The molecule has 0 spiro atoms. The summed E-state index contributed by atoms with van der Waals surface area (Å²) in [6.45, 7) is 2.43. The molecule has 2 N–H and O–H groups in total. The fraction of sp³-hybridized carbons (Fsp3) is 0.667. The van der Waals surface area contributed by atoms with Gasteiger partial charge in [0, 0.05) is 26.7 Å². The minimum absolute atomic E-state index is 0.0874. The molecule has 2 aliphatic rings. The van der Waals surface area contributed by atoms with E-state index in [-0.39, 0.29) is 12.3 Å². The lowest BCUT2D eigenvalue weighted by Crippen LogP contribution is -2.49. The molecule has 4 amide bonds. The van der Waals surface area contributed by atoms with Crippen LogP contribution in [0.3, 0.4) is 0 Å². The smallest absolute Gasteiger partial charge is 0.311 e. The largest absolute Gasteiger partial charge is 0.335 e. The highest BCUT2D eigenvalue weighted by Crippen LogP contribution is 2.10. The van der Waals surface area contributed by atoms with Crippen LogP contribution in [0.25, 0.3) is 0 Å². The molecule has 20 heavy (non-hydrogen) atoms. The predicted octanol–water partition coefficient (Wildman–Crippen LogP) is -2.32. The lowest BCUT2D eigenvalue weighted by atomic mass is 10.2. The Hall–Kier alpha value is -1.96. The Morgan fingerprint density at radius 1 is 1.25 bits per heavy atom. The zero-order valence-electron chi connectivity index (χ0n) is 11.3. The Morgan fingerprint density at radius 3 is 2.65 bits per heavy atom. The van der Waals surface area contributed by atoms with Gasteiger partial charge in [0.05, 0.1) is 6.42 Å². The van der Waals surface area contributed by atoms with Gasteiger partial charge in [-0.05, 0) is 13.0 Å². The summed E-state index contributed by atoms with van der Waals surface area (Å²) >= 11 is 0. The Morgan fingerprint density at radius 2 is 2.00 bits per heavy atom. The molecule has 2 rings (SSSR count). The average Bonchev–Trinajstić information content (AvgIpc) is 2.69. The molecular weight excluding hydrogens is 264 g/mol. The van der Waals surface area contributed by atoms with Gasteiger partial charge in [-0.1, -0.05) is 0 Å². The van der Waals surface area contributed by atoms with Gasteiger partial charge in [-0.3, -0.25) is 24.1 Å². The molecule has 2 fully saturated rings. The quantitative estimate of drug-likeness (QED) is 0.415. The topological polar surface area (TPSA) is 98.8 Å². The number of carbonyl (C=O) groups is 4. The summed E-state index contributed by atoms with van der Waals surface area (Å²) in [7, 11) is 1.36. The van der Waals surface area contributed by atoms with Crippen molar-refractivity contribution in [3.63, 3.8) is 0 Å². The van der Waals surface area contributed by atoms with Gasteiger partial charge in [0.1, 0.15) is 6.04 Å². The summed E-state index contributed by atoms with van der Waals surface area (Å²) in [5.41, 5.74) is 0. The van der Waals surface area contributed by atoms with Crippen molar-refractivity contribution in [1.82, 2.24) is 20.4 Å². The number of rotatable bonds is 1. The van der Waals surface area contributed by atoms with E-state index >= 15 is 0 Å². The monoisotopic (exact) mass is 282 g/mol. The van der Waals surface area contributed by atoms with E-state index in [0.717, 1.165) is 17.9 Å². The first kappa shape index (κ1) is 14.4. The van der Waals surface area contributed by atoms with Gasteiger partial charge in [-0.2, -0.15) is 0 Å². The van der Waals surface area contributed by atoms with E-state index in [1.165, 1.54) is 11.9 Å². The summed E-state index contributed by atoms with van der Waals surface area (Å²) in [4.78, 5) is 49.3. The van der Waals surface area contributed by atoms with Crippen molar-refractivity contribution >= 4 is 23.6 Å². The van der Waals surface area contributed by atoms with Crippen molar-refractivity contribution < 1.29 is 19.2 Å². The summed E-state index contributed by atoms with van der Waals surface area (Å²) in [5, 5.41) is 5.48. The van der Waals surface area contributed by atoms with Crippen LogP contribution in [0.15, 0.2) is 0 Å². The Labute approximate surface area is 116 Å². The number of hydrogen-bond donors (Lipinski definition) is 2. The van der Waals surface area contributed by atoms with Crippen LogP contribution in [0.4, 0.5) is 0 Å². The molecule has 0 aromatic carbocycles. The molecule has 2 saturated heterocycles. The van der Waals surface area contributed by atoms with Crippen molar-refractivity contribution in [1.29, 1.82) is 0 Å².